The Bertz CT molecular complexity index is 1080. The van der Waals surface area contributed by atoms with Crippen molar-refractivity contribution in [3.05, 3.63) is 76.6 Å². The molecule has 0 radical (unpaired) electrons. The predicted molar refractivity (Wildman–Crippen MR) is 124 cm³/mol. The second-order valence-corrected chi connectivity index (χ2v) is 8.79. The van der Waals surface area contributed by atoms with Gasteiger partial charge in [-0.15, -0.1) is 5.10 Å². The first-order chi connectivity index (χ1) is 17.4. The molecule has 0 spiro atoms. The molecule has 1 aromatic heterocycles. The molecule has 6 nitrogen and oxygen atoms in total. The zero-order chi connectivity index (χ0) is 27.1. The van der Waals surface area contributed by atoms with Crippen LogP contribution in [0.5, 0.6) is 0 Å². The minimum Gasteiger partial charge on any atom is -0.374 e. The Morgan fingerprint density at radius 2 is 1.59 bits per heavy atom. The summed E-state index contributed by atoms with van der Waals surface area (Å²) in [6.07, 6.45) is -8.77. The van der Waals surface area contributed by atoms with Crippen LogP contribution in [0.25, 0.3) is 0 Å². The number of alkyl halides is 6. The fraction of sp³-hybridized carbons (Fsp3) is 0.480. The average molecular weight is 530 g/mol. The SMILES string of the molecule is Cc1nnnn1[C@H](CCCCO[C@H](C)c1cc(C(F)(F)F)cc(C(F)(F)F)c1)CNCc1ccccc1. The Labute approximate surface area is 211 Å². The molecule has 2 aromatic carbocycles. The average Bonchev–Trinajstić information content (AvgIpc) is 3.27. The van der Waals surface area contributed by atoms with Crippen LogP contribution in [-0.4, -0.2) is 33.4 Å². The molecule has 2 atom stereocenters. The first kappa shape index (κ1) is 28.6. The number of aromatic nitrogens is 4. The number of nitrogens with one attached hydrogen (secondary N) is 1. The quantitative estimate of drug-likeness (QED) is 0.220. The Morgan fingerprint density at radius 1 is 0.946 bits per heavy atom. The van der Waals surface area contributed by atoms with Gasteiger partial charge in [-0.3, -0.25) is 0 Å². The van der Waals surface area contributed by atoms with Gasteiger partial charge in [-0.1, -0.05) is 30.3 Å². The standard InChI is InChI=1S/C25H29F6N5O/c1-17(20-12-21(24(26,27)28)14-22(13-20)25(29,30)31)37-11-7-6-10-23(36-18(2)33-34-35-36)16-32-15-19-8-4-3-5-9-19/h3-5,8-9,12-14,17,23,32H,6-7,10-11,15-16H2,1-2H3/t17-,23-/m1/s1. The van der Waals surface area contributed by atoms with Crippen molar-refractivity contribution in [2.24, 2.45) is 0 Å². The Hall–Kier alpha value is -2.99. The summed E-state index contributed by atoms with van der Waals surface area (Å²) in [5, 5.41) is 15.1. The summed E-state index contributed by atoms with van der Waals surface area (Å²) in [6.45, 7) is 4.71. The van der Waals surface area contributed by atoms with Gasteiger partial charge in [-0.2, -0.15) is 26.3 Å². The van der Waals surface area contributed by atoms with E-state index in [9.17, 15) is 26.3 Å². The molecule has 0 aliphatic carbocycles. The summed E-state index contributed by atoms with van der Waals surface area (Å²) in [5.74, 6) is 0.668. The van der Waals surface area contributed by atoms with E-state index < -0.39 is 29.6 Å². The number of unbranched alkanes of at least 4 members (excludes halogenated alkanes) is 1. The highest BCUT2D eigenvalue weighted by Crippen LogP contribution is 2.38. The molecule has 0 amide bonds. The van der Waals surface area contributed by atoms with Gasteiger partial charge in [-0.05, 0) is 72.9 Å². The molecule has 12 heteroatoms. The first-order valence-electron chi connectivity index (χ1n) is 11.8. The fourth-order valence-electron chi connectivity index (χ4n) is 3.92. The summed E-state index contributed by atoms with van der Waals surface area (Å²) in [5.41, 5.74) is -1.74. The number of hydrogen-bond acceptors (Lipinski definition) is 5. The number of halogens is 6. The maximum absolute atomic E-state index is 13.1. The minimum atomic E-state index is -4.90. The van der Waals surface area contributed by atoms with Crippen LogP contribution in [0, 0.1) is 6.92 Å². The van der Waals surface area contributed by atoms with Crippen LogP contribution in [0.3, 0.4) is 0 Å². The maximum Gasteiger partial charge on any atom is 0.416 e. The molecular weight excluding hydrogens is 500 g/mol. The second kappa shape index (κ2) is 12.5. The van der Waals surface area contributed by atoms with Crippen LogP contribution < -0.4 is 5.32 Å². The van der Waals surface area contributed by atoms with E-state index in [4.69, 9.17) is 4.74 Å². The topological polar surface area (TPSA) is 64.9 Å². The van der Waals surface area contributed by atoms with Gasteiger partial charge in [0.15, 0.2) is 0 Å². The summed E-state index contributed by atoms with van der Waals surface area (Å²) in [6, 6.07) is 11.4. The molecule has 1 heterocycles. The highest BCUT2D eigenvalue weighted by molar-refractivity contribution is 5.34. The molecule has 202 valence electrons. The summed E-state index contributed by atoms with van der Waals surface area (Å²) < 4.78 is 86.1. The summed E-state index contributed by atoms with van der Waals surface area (Å²) >= 11 is 0. The highest BCUT2D eigenvalue weighted by atomic mass is 19.4. The smallest absolute Gasteiger partial charge is 0.374 e. The van der Waals surface area contributed by atoms with Crippen LogP contribution in [0.2, 0.25) is 0 Å². The highest BCUT2D eigenvalue weighted by Gasteiger charge is 2.37. The number of hydrogen-bond donors (Lipinski definition) is 1. The summed E-state index contributed by atoms with van der Waals surface area (Å²) in [7, 11) is 0. The van der Waals surface area contributed by atoms with Gasteiger partial charge in [0.25, 0.3) is 0 Å². The van der Waals surface area contributed by atoms with Crippen molar-refractivity contribution in [3.63, 3.8) is 0 Å². The van der Waals surface area contributed by atoms with E-state index in [0.717, 1.165) is 5.56 Å². The van der Waals surface area contributed by atoms with Gasteiger partial charge in [0.05, 0.1) is 23.3 Å². The Balaban J connectivity index is 1.54. The monoisotopic (exact) mass is 529 g/mol. The zero-order valence-electron chi connectivity index (χ0n) is 20.5. The molecule has 0 aliphatic heterocycles. The number of ether oxygens (including phenoxy) is 1. The van der Waals surface area contributed by atoms with E-state index in [0.29, 0.717) is 50.3 Å². The maximum atomic E-state index is 13.1. The van der Waals surface area contributed by atoms with Crippen LogP contribution in [0.4, 0.5) is 26.3 Å². The van der Waals surface area contributed by atoms with Crippen molar-refractivity contribution in [2.45, 2.75) is 64.2 Å². The van der Waals surface area contributed by atoms with E-state index in [1.54, 1.807) is 11.6 Å². The second-order valence-electron chi connectivity index (χ2n) is 8.79. The van der Waals surface area contributed by atoms with Crippen LogP contribution in [0.1, 0.15) is 66.4 Å². The third kappa shape index (κ3) is 8.53. The zero-order valence-corrected chi connectivity index (χ0v) is 20.5. The lowest BCUT2D eigenvalue weighted by Crippen LogP contribution is -2.27. The van der Waals surface area contributed by atoms with Gasteiger partial charge >= 0.3 is 12.4 Å². The molecule has 0 saturated heterocycles. The van der Waals surface area contributed by atoms with E-state index in [-0.39, 0.29) is 24.3 Å². The normalized spacial score (nSPS) is 14.1. The van der Waals surface area contributed by atoms with E-state index in [1.807, 2.05) is 30.3 Å². The van der Waals surface area contributed by atoms with E-state index in [2.05, 4.69) is 20.8 Å². The Morgan fingerprint density at radius 3 is 2.16 bits per heavy atom. The number of aryl methyl sites for hydroxylation is 1. The fourth-order valence-corrected chi connectivity index (χ4v) is 3.92. The van der Waals surface area contributed by atoms with Crippen LogP contribution in [-0.2, 0) is 23.6 Å². The number of benzene rings is 2. The van der Waals surface area contributed by atoms with Crippen molar-refractivity contribution in [3.8, 4) is 0 Å². The van der Waals surface area contributed by atoms with E-state index >= 15 is 0 Å². The van der Waals surface area contributed by atoms with Gasteiger partial charge in [-0.25, -0.2) is 4.68 Å². The van der Waals surface area contributed by atoms with Crippen LogP contribution >= 0.6 is 0 Å². The predicted octanol–water partition coefficient (Wildman–Crippen LogP) is 6.30. The molecule has 0 saturated carbocycles. The van der Waals surface area contributed by atoms with Crippen molar-refractivity contribution < 1.29 is 31.1 Å². The van der Waals surface area contributed by atoms with Crippen molar-refractivity contribution >= 4 is 0 Å². The van der Waals surface area contributed by atoms with Gasteiger partial charge in [0.1, 0.15) is 5.82 Å². The molecular formula is C25H29F6N5O. The summed E-state index contributed by atoms with van der Waals surface area (Å²) in [4.78, 5) is 0. The molecule has 37 heavy (non-hydrogen) atoms. The van der Waals surface area contributed by atoms with Crippen molar-refractivity contribution in [1.29, 1.82) is 0 Å². The minimum absolute atomic E-state index is 0.0334. The molecule has 3 rings (SSSR count). The van der Waals surface area contributed by atoms with Crippen LogP contribution in [0.15, 0.2) is 48.5 Å². The number of nitrogens with zero attached hydrogens (tertiary/aromatic N) is 4. The third-order valence-electron chi connectivity index (χ3n) is 5.93. The lowest BCUT2D eigenvalue weighted by atomic mass is 10.0. The molecule has 3 aromatic rings. The van der Waals surface area contributed by atoms with Gasteiger partial charge < -0.3 is 10.1 Å². The van der Waals surface area contributed by atoms with E-state index in [1.165, 1.54) is 6.92 Å². The van der Waals surface area contributed by atoms with Gasteiger partial charge in [0, 0.05) is 19.7 Å². The molecule has 0 bridgehead atoms. The lowest BCUT2D eigenvalue weighted by molar-refractivity contribution is -0.143. The molecule has 1 N–H and O–H groups in total. The number of rotatable bonds is 12. The first-order valence-corrected chi connectivity index (χ1v) is 11.8. The third-order valence-corrected chi connectivity index (χ3v) is 5.93. The lowest BCUT2D eigenvalue weighted by Gasteiger charge is -2.20. The molecule has 0 fully saturated rings. The molecule has 0 aliphatic rings. The number of tetrazole rings is 1. The molecule has 0 unspecified atom stereocenters. The largest absolute Gasteiger partial charge is 0.416 e. The van der Waals surface area contributed by atoms with Crippen molar-refractivity contribution in [2.75, 3.05) is 13.2 Å². The van der Waals surface area contributed by atoms with Gasteiger partial charge in [0.2, 0.25) is 0 Å². The van der Waals surface area contributed by atoms with Crippen molar-refractivity contribution in [1.82, 2.24) is 25.5 Å². The Kier molecular flexibility index (Phi) is 9.66.